The summed E-state index contributed by atoms with van der Waals surface area (Å²) in [5.41, 5.74) is 0. The molecule has 0 bridgehead atoms. The summed E-state index contributed by atoms with van der Waals surface area (Å²) in [6.45, 7) is -0.0152. The van der Waals surface area contributed by atoms with Crippen LogP contribution in [-0.4, -0.2) is 64.8 Å². The summed E-state index contributed by atoms with van der Waals surface area (Å²) in [4.78, 5) is 20.8. The maximum Gasteiger partial charge on any atom is 0.472 e. The van der Waals surface area contributed by atoms with Crippen molar-refractivity contribution in [2.75, 3.05) is 26.4 Å². The van der Waals surface area contributed by atoms with E-state index in [2.05, 4.69) is 16.0 Å². The molecule has 0 rings (SSSR count). The number of aliphatic hydroxyl groups excluding tert-OH is 3. The van der Waals surface area contributed by atoms with Crippen molar-refractivity contribution in [1.82, 2.24) is 0 Å². The van der Waals surface area contributed by atoms with E-state index in [-0.39, 0.29) is 13.0 Å². The number of carbonyl (C=O) groups is 1. The molecule has 0 aliphatic carbocycles. The van der Waals surface area contributed by atoms with Gasteiger partial charge in [-0.3, -0.25) is 13.8 Å². The van der Waals surface area contributed by atoms with Crippen molar-refractivity contribution in [3.63, 3.8) is 0 Å². The maximum absolute atomic E-state index is 11.5. The first kappa shape index (κ1) is 24.5. The Morgan fingerprint density at radius 3 is 2.12 bits per heavy atom. The average molecular weight is 386 g/mol. The second kappa shape index (κ2) is 14.6. The monoisotopic (exact) mass is 386 g/mol. The number of phosphoric acid groups is 1. The molecular weight excluding hydrogens is 355 g/mol. The van der Waals surface area contributed by atoms with E-state index in [0.717, 1.165) is 32.1 Å². The van der Waals surface area contributed by atoms with Crippen molar-refractivity contribution in [3.8, 4) is 0 Å². The summed E-state index contributed by atoms with van der Waals surface area (Å²) in [5.74, 6) is -0.441. The van der Waals surface area contributed by atoms with Crippen LogP contribution in [0.25, 0.3) is 0 Å². The molecule has 0 aliphatic heterocycles. The molecule has 0 saturated heterocycles. The van der Waals surface area contributed by atoms with Gasteiger partial charge in [0.1, 0.15) is 18.8 Å². The Labute approximate surface area is 148 Å². The molecule has 0 radical (unpaired) electrons. The Morgan fingerprint density at radius 2 is 1.52 bits per heavy atom. The van der Waals surface area contributed by atoms with Gasteiger partial charge in [0.2, 0.25) is 0 Å². The second-order valence-electron chi connectivity index (χ2n) is 5.75. The molecule has 9 nitrogen and oxygen atoms in total. The van der Waals surface area contributed by atoms with E-state index in [1.807, 2.05) is 0 Å². The molecule has 25 heavy (non-hydrogen) atoms. The van der Waals surface area contributed by atoms with Crippen molar-refractivity contribution in [2.45, 2.75) is 64.1 Å². The van der Waals surface area contributed by atoms with Crippen molar-refractivity contribution < 1.29 is 43.4 Å². The van der Waals surface area contributed by atoms with Gasteiger partial charge in [-0.25, -0.2) is 4.57 Å². The normalized spacial score (nSPS) is 16.2. The summed E-state index contributed by atoms with van der Waals surface area (Å²) < 4.78 is 25.2. The van der Waals surface area contributed by atoms with Crippen LogP contribution in [0.3, 0.4) is 0 Å². The van der Waals surface area contributed by atoms with Gasteiger partial charge in [-0.2, -0.15) is 0 Å². The SMILES string of the molecule is CCCCCCCCC(=O)OCC(O)COP(=O)(O)OCC(O)CO. The fourth-order valence-electron chi connectivity index (χ4n) is 1.81. The second-order valence-corrected chi connectivity index (χ2v) is 7.20. The van der Waals surface area contributed by atoms with Crippen LogP contribution >= 0.6 is 7.82 Å². The van der Waals surface area contributed by atoms with Crippen LogP contribution in [0, 0.1) is 0 Å². The van der Waals surface area contributed by atoms with E-state index < -0.39 is 45.8 Å². The minimum absolute atomic E-state index is 0.264. The van der Waals surface area contributed by atoms with Crippen LogP contribution in [0.2, 0.25) is 0 Å². The Hall–Kier alpha value is -0.540. The number of carbonyl (C=O) groups excluding carboxylic acids is 1. The molecule has 0 fully saturated rings. The lowest BCUT2D eigenvalue weighted by Crippen LogP contribution is -2.24. The van der Waals surface area contributed by atoms with Gasteiger partial charge in [0.15, 0.2) is 0 Å². The molecule has 4 N–H and O–H groups in total. The number of unbranched alkanes of at least 4 members (excludes halogenated alkanes) is 5. The number of ether oxygens (including phenoxy) is 1. The van der Waals surface area contributed by atoms with Gasteiger partial charge in [-0.15, -0.1) is 0 Å². The first-order valence-corrected chi connectivity index (χ1v) is 10.0. The molecule has 10 heteroatoms. The number of esters is 1. The third kappa shape index (κ3) is 15.4. The van der Waals surface area contributed by atoms with Crippen LogP contribution < -0.4 is 0 Å². The third-order valence-corrected chi connectivity index (χ3v) is 4.19. The highest BCUT2D eigenvalue weighted by atomic mass is 31.2. The molecule has 3 atom stereocenters. The van der Waals surface area contributed by atoms with Gasteiger partial charge < -0.3 is 24.9 Å². The van der Waals surface area contributed by atoms with E-state index in [1.165, 1.54) is 6.42 Å². The van der Waals surface area contributed by atoms with Crippen molar-refractivity contribution in [3.05, 3.63) is 0 Å². The fourth-order valence-corrected chi connectivity index (χ4v) is 2.60. The molecular formula is C15H31O9P. The van der Waals surface area contributed by atoms with Crippen molar-refractivity contribution in [2.24, 2.45) is 0 Å². The van der Waals surface area contributed by atoms with Crippen molar-refractivity contribution in [1.29, 1.82) is 0 Å². The molecule has 0 heterocycles. The smallest absolute Gasteiger partial charge is 0.463 e. The van der Waals surface area contributed by atoms with Crippen LogP contribution in [-0.2, 0) is 23.1 Å². The minimum Gasteiger partial charge on any atom is -0.463 e. The first-order valence-electron chi connectivity index (χ1n) is 8.55. The van der Waals surface area contributed by atoms with Crippen LogP contribution in [0.5, 0.6) is 0 Å². The molecule has 0 amide bonds. The molecule has 0 aromatic carbocycles. The highest BCUT2D eigenvalue weighted by Gasteiger charge is 2.24. The third-order valence-electron chi connectivity index (χ3n) is 3.24. The van der Waals surface area contributed by atoms with Crippen molar-refractivity contribution >= 4 is 13.8 Å². The van der Waals surface area contributed by atoms with Gasteiger partial charge in [-0.1, -0.05) is 39.0 Å². The predicted octanol–water partition coefficient (Wildman–Crippen LogP) is 1.13. The Kier molecular flexibility index (Phi) is 14.3. The highest BCUT2D eigenvalue weighted by molar-refractivity contribution is 7.47. The molecule has 0 saturated carbocycles. The quantitative estimate of drug-likeness (QED) is 0.174. The van der Waals surface area contributed by atoms with Crippen LogP contribution in [0.15, 0.2) is 0 Å². The number of rotatable bonds is 16. The number of phosphoric ester groups is 1. The Bertz CT molecular complexity index is 391. The van der Waals surface area contributed by atoms with E-state index in [1.54, 1.807) is 0 Å². The number of aliphatic hydroxyl groups is 3. The van der Waals surface area contributed by atoms with Crippen LogP contribution in [0.4, 0.5) is 0 Å². The summed E-state index contributed by atoms with van der Waals surface area (Å²) in [6.07, 6.45) is 3.93. The molecule has 0 aromatic heterocycles. The molecule has 3 unspecified atom stereocenters. The zero-order valence-electron chi connectivity index (χ0n) is 14.7. The fraction of sp³-hybridized carbons (Fsp3) is 0.933. The lowest BCUT2D eigenvalue weighted by atomic mass is 10.1. The van der Waals surface area contributed by atoms with Gasteiger partial charge in [0.25, 0.3) is 0 Å². The van der Waals surface area contributed by atoms with Gasteiger partial charge in [0.05, 0.1) is 19.8 Å². The highest BCUT2D eigenvalue weighted by Crippen LogP contribution is 2.43. The van der Waals surface area contributed by atoms with Gasteiger partial charge >= 0.3 is 13.8 Å². The standard InChI is InChI=1S/C15H31O9P/c1-2-3-4-5-6-7-8-15(19)22-10-14(18)12-24-25(20,21)23-11-13(17)9-16/h13-14,16-18H,2-12H2,1H3,(H,20,21). The van der Waals surface area contributed by atoms with Gasteiger partial charge in [-0.05, 0) is 6.42 Å². The molecule has 0 aromatic rings. The Balaban J connectivity index is 3.75. The first-order chi connectivity index (χ1) is 11.8. The topological polar surface area (TPSA) is 143 Å². The number of hydrogen-bond donors (Lipinski definition) is 4. The largest absolute Gasteiger partial charge is 0.472 e. The summed E-state index contributed by atoms with van der Waals surface area (Å²) in [5, 5.41) is 27.1. The summed E-state index contributed by atoms with van der Waals surface area (Å²) in [6, 6.07) is 0. The van der Waals surface area contributed by atoms with Crippen LogP contribution in [0.1, 0.15) is 51.9 Å². The van der Waals surface area contributed by atoms with E-state index >= 15 is 0 Å². The lowest BCUT2D eigenvalue weighted by molar-refractivity contribution is -0.147. The van der Waals surface area contributed by atoms with E-state index in [9.17, 15) is 19.4 Å². The predicted molar refractivity (Wildman–Crippen MR) is 89.8 cm³/mol. The number of hydrogen-bond acceptors (Lipinski definition) is 8. The summed E-state index contributed by atoms with van der Waals surface area (Å²) >= 11 is 0. The van der Waals surface area contributed by atoms with E-state index in [0.29, 0.717) is 0 Å². The molecule has 0 aliphatic rings. The summed E-state index contributed by atoms with van der Waals surface area (Å²) in [7, 11) is -4.46. The average Bonchev–Trinajstić information content (AvgIpc) is 2.59. The van der Waals surface area contributed by atoms with E-state index in [4.69, 9.17) is 14.9 Å². The maximum atomic E-state index is 11.5. The molecule has 150 valence electrons. The lowest BCUT2D eigenvalue weighted by Gasteiger charge is -2.16. The Morgan fingerprint density at radius 1 is 0.960 bits per heavy atom. The van der Waals surface area contributed by atoms with Gasteiger partial charge in [0, 0.05) is 6.42 Å². The molecule has 0 spiro atoms. The zero-order valence-corrected chi connectivity index (χ0v) is 15.6. The zero-order chi connectivity index (χ0) is 19.1. The minimum atomic E-state index is -4.46.